The molecule has 3 aromatic heterocycles. The number of likely N-dealkylation sites (tertiary alicyclic amines) is 3. The first kappa shape index (κ1) is 96.6. The third-order valence-electron chi connectivity index (χ3n) is 27.7. The molecule has 12 heterocycles. The van der Waals surface area contributed by atoms with Crippen molar-refractivity contribution in [2.24, 2.45) is 11.8 Å². The lowest BCUT2D eigenvalue weighted by Gasteiger charge is -2.42. The first-order chi connectivity index (χ1) is 64.6. The number of hydrogen-bond donors (Lipinski definition) is 0. The van der Waals surface area contributed by atoms with Crippen molar-refractivity contribution in [2.75, 3.05) is 176 Å². The molecule has 6 saturated heterocycles. The summed E-state index contributed by atoms with van der Waals surface area (Å²) in [4.78, 5) is 91.4. The summed E-state index contributed by atoms with van der Waals surface area (Å²) in [6, 6.07) is 38.7. The highest BCUT2D eigenvalue weighted by molar-refractivity contribution is 6.36. The van der Waals surface area contributed by atoms with Gasteiger partial charge < -0.3 is 72.8 Å². The molecule has 34 heteroatoms. The van der Waals surface area contributed by atoms with Crippen LogP contribution in [0, 0.1) is 66.6 Å². The quantitative estimate of drug-likeness (QED) is 0.0401. The van der Waals surface area contributed by atoms with Gasteiger partial charge in [-0.3, -0.25) is 14.4 Å². The monoisotopic (exact) mass is 1860 g/mol. The van der Waals surface area contributed by atoms with Crippen molar-refractivity contribution in [1.29, 1.82) is 15.8 Å². The Hall–Kier alpha value is -11.9. The topological polar surface area (TPSA) is 272 Å². The number of fused-ring (bicyclic) bond motifs is 5. The van der Waals surface area contributed by atoms with E-state index in [1.807, 2.05) is 35.2 Å². The zero-order valence-corrected chi connectivity index (χ0v) is 77.9. The Morgan fingerprint density at radius 3 is 1.32 bits per heavy atom. The van der Waals surface area contributed by atoms with Gasteiger partial charge in [0.1, 0.15) is 37.3 Å². The zero-order valence-electron chi connectivity index (χ0n) is 77.2. The molecule has 2 amide bonds. The van der Waals surface area contributed by atoms with E-state index >= 15 is 0 Å². The number of benzene rings is 5. The van der Waals surface area contributed by atoms with Crippen molar-refractivity contribution in [3.8, 4) is 36.2 Å². The number of allylic oxidation sites excluding steroid dienone is 3. The minimum Gasteiger partial charge on any atom is -0.462 e. The first-order valence-electron chi connectivity index (χ1n) is 46.4. The molecule has 708 valence electrons. The maximum atomic E-state index is 12.9. The van der Waals surface area contributed by atoms with Crippen LogP contribution in [0.4, 0.5) is 60.9 Å². The molecule has 1 unspecified atom stereocenters. The smallest absolute Gasteiger partial charge is 0.409 e. The van der Waals surface area contributed by atoms with Gasteiger partial charge in [0.15, 0.2) is 5.78 Å². The number of nitriles is 3. The molecule has 0 spiro atoms. The summed E-state index contributed by atoms with van der Waals surface area (Å²) in [6.45, 7) is 18.7. The van der Waals surface area contributed by atoms with Crippen LogP contribution >= 0.6 is 11.6 Å². The molecule has 0 saturated carbocycles. The van der Waals surface area contributed by atoms with Crippen molar-refractivity contribution < 1.29 is 59.7 Å². The number of hydrogen-bond acceptors (Lipinski definition) is 25. The van der Waals surface area contributed by atoms with Gasteiger partial charge in [-0.15, -0.1) is 0 Å². The Kier molecular flexibility index (Phi) is 31.4. The third-order valence-corrected chi connectivity index (χ3v) is 28.0. The average molecular weight is 1860 g/mol. The third kappa shape index (κ3) is 23.2. The van der Waals surface area contributed by atoms with Gasteiger partial charge in [-0.25, -0.2) is 0 Å². The van der Waals surface area contributed by atoms with Crippen LogP contribution < -0.4 is 43.6 Å². The van der Waals surface area contributed by atoms with Gasteiger partial charge in [-0.05, 0) is 189 Å². The number of alkyl halides is 6. The molecule has 0 bridgehead atoms. The molecular formula is C100H117ClF6N20O7. The van der Waals surface area contributed by atoms with Gasteiger partial charge >= 0.3 is 30.4 Å². The second-order valence-corrected chi connectivity index (χ2v) is 36.7. The maximum absolute atomic E-state index is 12.9. The molecule has 9 aliphatic heterocycles. The van der Waals surface area contributed by atoms with Crippen LogP contribution in [-0.4, -0.2) is 261 Å². The largest absolute Gasteiger partial charge is 0.462 e. The molecular weight excluding hydrogens is 1740 g/mol. The Balaban J connectivity index is 0.000000153. The highest BCUT2D eigenvalue weighted by Gasteiger charge is 2.41. The predicted octanol–water partition coefficient (Wildman–Crippen LogP) is 14.6. The van der Waals surface area contributed by atoms with E-state index in [1.165, 1.54) is 44.5 Å². The molecule has 8 aromatic rings. The molecule has 134 heavy (non-hydrogen) atoms. The second-order valence-electron chi connectivity index (χ2n) is 36.3. The van der Waals surface area contributed by atoms with Crippen molar-refractivity contribution in [3.63, 3.8) is 0 Å². The van der Waals surface area contributed by atoms with E-state index in [4.69, 9.17) is 60.5 Å². The lowest BCUT2D eigenvalue weighted by Crippen LogP contribution is -2.55. The predicted molar refractivity (Wildman–Crippen MR) is 504 cm³/mol. The highest BCUT2D eigenvalue weighted by atomic mass is 35.5. The highest BCUT2D eigenvalue weighted by Crippen LogP contribution is 2.43. The molecule has 7 atom stereocenters. The summed E-state index contributed by atoms with van der Waals surface area (Å²) in [6.07, 6.45) is 4.49. The maximum Gasteiger partial charge on any atom is 0.409 e. The number of likely N-dealkylation sites (N-methyl/N-ethyl adjacent to an activating group) is 3. The number of ether oxygens (including phenoxy) is 4. The number of amides is 2. The molecule has 0 radical (unpaired) electrons. The number of methoxy groups -OCH3 is 1. The van der Waals surface area contributed by atoms with E-state index < -0.39 is 41.9 Å². The molecule has 6 fully saturated rings. The van der Waals surface area contributed by atoms with Crippen LogP contribution in [-0.2, 0) is 58.0 Å². The van der Waals surface area contributed by atoms with E-state index in [0.29, 0.717) is 152 Å². The van der Waals surface area contributed by atoms with Crippen LogP contribution in [0.25, 0.3) is 21.5 Å². The van der Waals surface area contributed by atoms with Crippen LogP contribution in [0.5, 0.6) is 18.0 Å². The van der Waals surface area contributed by atoms with Crippen LogP contribution in [0.15, 0.2) is 127 Å². The minimum absolute atomic E-state index is 0.0129. The molecule has 9 aliphatic rings. The SMILES string of the molecule is CN1CCC[C@H]1COc1nc2c(c(N3CCC(C(=O)/C=C/C(F)(F)F)[C@@H](CC#N)C3)n1)CCN(c1cccc3cccc(Cl)c13)C2.COC/C=C/C(=O)N1CCN(c2nc(OC[C@@H]3CCCN3C)nc3c2CCN(c2cccc(C)c2C)C3)C[C@@H]1CC#N.Cc1cccc2cccc(N3CCc4c(nc(OC[C@@H]5CCCN5C)nc4N4CCN(C(=O)/C=C/C(F)(F)F)[C@@H](CC#N)C4)C3)c12. The second kappa shape index (κ2) is 43.6. The number of halogens is 7. The number of carbonyl (C=O) groups is 3. The number of rotatable bonds is 24. The number of ketones is 1. The van der Waals surface area contributed by atoms with Crippen molar-refractivity contribution in [3.05, 3.63) is 183 Å². The normalized spacial score (nSPS) is 21.4. The minimum atomic E-state index is -4.59. The number of piperazine rings is 2. The molecule has 17 rings (SSSR count). The molecule has 5 aromatic carbocycles. The Labute approximate surface area is 784 Å². The summed E-state index contributed by atoms with van der Waals surface area (Å²) in [5.41, 5.74) is 12.9. The van der Waals surface area contributed by atoms with Gasteiger partial charge in [0.25, 0.3) is 0 Å². The number of anilines is 6. The van der Waals surface area contributed by atoms with Crippen LogP contribution in [0.2, 0.25) is 5.02 Å². The van der Waals surface area contributed by atoms with Crippen molar-refractivity contribution in [2.45, 2.75) is 166 Å². The average Bonchev–Trinajstić information content (AvgIpc) is 0.854. The summed E-state index contributed by atoms with van der Waals surface area (Å²) >= 11 is 6.67. The van der Waals surface area contributed by atoms with Gasteiger partial charge in [-0.2, -0.15) is 72.0 Å². The molecule has 0 N–H and O–H groups in total. The standard InChI is InChI=1S/C34H36ClF3N6O2.C34H38F3N7O2.C32H43N7O3/c1-42-16-4-7-24(42)21-46-33-40-28-20-43(29-9-3-6-22-5-2-8-27(35)31(22)29)17-13-26(28)32(41-33)44-18-12-25(23(19-44)11-15-39)30(45)10-14-34(36,37)38;1-23-6-3-7-24-8-4-10-29(31(23)24)42-17-13-27-28(21-42)39-33(46-22-26-9-5-16-41(26)2)40-32(27)43-18-19-44(25(20-43)12-15-38)30(45)11-14-34(35,36)37;1-23-8-5-10-29(24(23)2)37-16-13-27-28(21-37)34-32(42-22-26-9-6-15-36(26)3)35-31(27)38-17-18-39(25(20-38)12-14-33)30(40)11-7-19-41-4/h2-3,5-6,8-10,14,23-25H,4,7,11-13,16-21H2,1H3;3-4,6-8,10-11,14,25-26H,5,9,12-13,16-22H2,1-2H3;5,7-8,10-11,25-26H,6,9,12-13,15-22H2,1-4H3/b14-10+;14-11+;11-7+/t23-,24-,25?;2*25-,26-/m000/s1. The fourth-order valence-corrected chi connectivity index (χ4v) is 20.6. The number of aromatic nitrogens is 6. The fourth-order valence-electron chi connectivity index (χ4n) is 20.3. The molecule has 0 aliphatic carbocycles. The van der Waals surface area contributed by atoms with E-state index in [-0.39, 0.29) is 80.6 Å². The Morgan fingerprint density at radius 2 is 0.866 bits per heavy atom. The van der Waals surface area contributed by atoms with E-state index in [9.17, 15) is 56.5 Å². The zero-order chi connectivity index (χ0) is 94.5. The van der Waals surface area contributed by atoms with Gasteiger partial charge in [0, 0.05) is 178 Å². The lowest BCUT2D eigenvalue weighted by molar-refractivity contribution is -0.129. The first-order valence-corrected chi connectivity index (χ1v) is 46.8. The number of nitrogens with zero attached hydrogens (tertiary/aromatic N) is 20. The van der Waals surface area contributed by atoms with Crippen LogP contribution in [0.3, 0.4) is 0 Å². The van der Waals surface area contributed by atoms with Crippen molar-refractivity contribution >= 4 is 85.3 Å². The van der Waals surface area contributed by atoms with E-state index in [2.05, 4.69) is 160 Å². The van der Waals surface area contributed by atoms with E-state index in [1.54, 1.807) is 24.2 Å². The molecule has 27 nitrogen and oxygen atoms in total. The van der Waals surface area contributed by atoms with Gasteiger partial charge in [0.2, 0.25) is 11.8 Å². The number of piperidine rings is 1. The summed E-state index contributed by atoms with van der Waals surface area (Å²) in [7, 11) is 7.91. The van der Waals surface area contributed by atoms with Gasteiger partial charge in [0.05, 0.1) is 91.5 Å². The fraction of sp³-hybridized carbons (Fsp3) is 0.500. The van der Waals surface area contributed by atoms with E-state index in [0.717, 1.165) is 133 Å². The summed E-state index contributed by atoms with van der Waals surface area (Å²) < 4.78 is 100. The lowest BCUT2D eigenvalue weighted by atomic mass is 9.80. The Morgan fingerprint density at radius 1 is 0.455 bits per heavy atom. The summed E-state index contributed by atoms with van der Waals surface area (Å²) in [5.74, 6) is -0.282. The van der Waals surface area contributed by atoms with Crippen molar-refractivity contribution in [1.82, 2.24) is 54.4 Å². The number of carbonyl (C=O) groups excluding carboxylic acids is 3. The number of aryl methyl sites for hydroxylation is 2. The summed E-state index contributed by atoms with van der Waals surface area (Å²) in [5, 5.41) is 33.8. The Bertz CT molecular complexity index is 5530. The van der Waals surface area contributed by atoms with Gasteiger partial charge in [-0.1, -0.05) is 84.4 Å². The van der Waals surface area contributed by atoms with Crippen LogP contribution in [0.1, 0.15) is 115 Å².